The van der Waals surface area contributed by atoms with Crippen molar-refractivity contribution >= 4 is 95.0 Å². The maximum atomic E-state index is 12.9. The Morgan fingerprint density at radius 2 is 1.48 bits per heavy atom. The molecule has 13 rings (SSSR count). The van der Waals surface area contributed by atoms with E-state index < -0.39 is 29.0 Å². The Hall–Kier alpha value is -9.61. The number of aromatic nitrogens is 4. The van der Waals surface area contributed by atoms with E-state index in [0.717, 1.165) is 23.9 Å². The van der Waals surface area contributed by atoms with Crippen molar-refractivity contribution in [1.82, 2.24) is 19.0 Å². The van der Waals surface area contributed by atoms with Crippen molar-refractivity contribution in [1.29, 1.82) is 0 Å². The first kappa shape index (κ1) is 61.1. The average molecular weight is 1250 g/mol. The van der Waals surface area contributed by atoms with Gasteiger partial charge in [-0.1, -0.05) is 84.6 Å². The van der Waals surface area contributed by atoms with Gasteiger partial charge in [0.2, 0.25) is 11.2 Å². The van der Waals surface area contributed by atoms with Crippen LogP contribution in [0.2, 0.25) is 0 Å². The maximum absolute atomic E-state index is 12.9. The van der Waals surface area contributed by atoms with E-state index in [2.05, 4.69) is 197 Å². The molecule has 0 saturated carbocycles. The van der Waals surface area contributed by atoms with Gasteiger partial charge in [-0.15, -0.1) is 0 Å². The van der Waals surface area contributed by atoms with Crippen LogP contribution in [0.4, 0.5) is 5.69 Å². The fraction of sp³-hybridized carbons (Fsp3) is 0.219. The molecular formula is C73H69BrN6O9. The Kier molecular flexibility index (Phi) is 17.3. The van der Waals surface area contributed by atoms with Crippen molar-refractivity contribution in [3.8, 4) is 17.2 Å². The van der Waals surface area contributed by atoms with Gasteiger partial charge in [0.1, 0.15) is 24.0 Å². The van der Waals surface area contributed by atoms with Gasteiger partial charge in [-0.3, -0.25) is 9.88 Å². The van der Waals surface area contributed by atoms with Gasteiger partial charge in [0, 0.05) is 139 Å². The van der Waals surface area contributed by atoms with Crippen LogP contribution in [-0.2, 0) is 42.0 Å². The molecule has 1 saturated heterocycles. The van der Waals surface area contributed by atoms with E-state index in [4.69, 9.17) is 9.47 Å². The number of esters is 1. The summed E-state index contributed by atoms with van der Waals surface area (Å²) in [6.45, 7) is 5.56. The summed E-state index contributed by atoms with van der Waals surface area (Å²) < 4.78 is 19.6. The summed E-state index contributed by atoms with van der Waals surface area (Å²) in [6.07, 6.45) is 11.5. The predicted octanol–water partition coefficient (Wildman–Crippen LogP) is 13.0. The molecule has 0 bridgehead atoms. The van der Waals surface area contributed by atoms with E-state index in [9.17, 15) is 34.8 Å². The number of benzene rings is 7. The summed E-state index contributed by atoms with van der Waals surface area (Å²) in [5.41, 5.74) is 12.3. The number of fused-ring (bicyclic) bond motifs is 5. The lowest BCUT2D eigenvalue weighted by Gasteiger charge is -2.53. The lowest BCUT2D eigenvalue weighted by Crippen LogP contribution is -2.59. The molecule has 11 aromatic rings. The molecule has 89 heavy (non-hydrogen) atoms. The summed E-state index contributed by atoms with van der Waals surface area (Å²) in [5, 5.41) is 47.4. The highest BCUT2D eigenvalue weighted by Gasteiger charge is 2.52. The van der Waals surface area contributed by atoms with Crippen molar-refractivity contribution in [2.75, 3.05) is 46.3 Å². The Morgan fingerprint density at radius 3 is 2.17 bits per heavy atom. The zero-order valence-corrected chi connectivity index (χ0v) is 52.4. The van der Waals surface area contributed by atoms with E-state index in [1.807, 2.05) is 7.11 Å². The van der Waals surface area contributed by atoms with Crippen LogP contribution in [0.1, 0.15) is 82.4 Å². The number of pyridine rings is 2. The van der Waals surface area contributed by atoms with Crippen LogP contribution in [0.15, 0.2) is 175 Å². The lowest BCUT2D eigenvalue weighted by molar-refractivity contribution is -0.646. The van der Waals surface area contributed by atoms with Gasteiger partial charge >= 0.3 is 17.9 Å². The topological polar surface area (TPSA) is 187 Å². The maximum Gasteiger partial charge on any atom is 0.339 e. The Bertz CT molecular complexity index is 4490. The van der Waals surface area contributed by atoms with Gasteiger partial charge in [0.05, 0.1) is 17.7 Å². The first-order valence-electron chi connectivity index (χ1n) is 29.3. The number of anilines is 1. The van der Waals surface area contributed by atoms with Crippen molar-refractivity contribution < 1.29 is 48.9 Å². The van der Waals surface area contributed by atoms with Crippen molar-refractivity contribution in [3.05, 3.63) is 236 Å². The van der Waals surface area contributed by atoms with Crippen molar-refractivity contribution in [3.63, 3.8) is 0 Å². The fourth-order valence-corrected chi connectivity index (χ4v) is 13.6. The van der Waals surface area contributed by atoms with Crippen LogP contribution < -0.4 is 14.6 Å². The number of hydrogen-bond donors (Lipinski definition) is 3. The van der Waals surface area contributed by atoms with Crippen LogP contribution in [0.5, 0.6) is 11.5 Å². The number of aromatic carboxylic acids is 2. The summed E-state index contributed by atoms with van der Waals surface area (Å²) >= 11 is 3.35. The summed E-state index contributed by atoms with van der Waals surface area (Å²) in [6, 6.07) is 48.8. The highest BCUT2D eigenvalue weighted by Crippen LogP contribution is 2.50. The van der Waals surface area contributed by atoms with Crippen LogP contribution in [-0.4, -0.2) is 99.7 Å². The number of carbonyl (C=O) groups excluding carboxylic acids is 1. The summed E-state index contributed by atoms with van der Waals surface area (Å²) in [4.78, 5) is 44.3. The minimum atomic E-state index is -1.34. The van der Waals surface area contributed by atoms with Crippen molar-refractivity contribution in [2.45, 2.75) is 44.8 Å². The standard InChI is InChI=1S/C26H28N3.C24H26BrN3O3.C23H16O6/c1-19-17-21(20(2)29(19)24-9-7-6-8-10-24)11-13-23-14-12-22-18-25(27(3)4)15-16-26(22)28(23)5;1-27-13-17-8-21-24(30-3,19-5-4-6-20(27)22(17)19)9-15(12-28(21)2)14-31-23(29)16-7-18(25)11-26-10-16;24-20-16(14-7-3-1-5-12(14)9-18(20)22(26)27)11-17-15-8-4-2-6-13(15)10-19(21(17)25)23(28)29/h6-18H,1-5H3;4-7,10-11,13,15,21H,8-9,12,14H2,1-3H3;1-10,24-25H,11H2,(H,26,27)(H,28,29)/q+1;;/p-1. The molecule has 3 atom stereocenters. The van der Waals surface area contributed by atoms with Gasteiger partial charge in [-0.2, -0.15) is 4.57 Å². The quantitative estimate of drug-likeness (QED) is 0.0777. The van der Waals surface area contributed by atoms with Gasteiger partial charge in [-0.05, 0) is 160 Å². The number of aromatic hydroxyl groups is 1. The highest BCUT2D eigenvalue weighted by molar-refractivity contribution is 9.10. The number of rotatable bonds is 12. The normalized spacial score (nSPS) is 16.2. The summed E-state index contributed by atoms with van der Waals surface area (Å²) in [5.74, 6) is -3.89. The third-order valence-corrected chi connectivity index (χ3v) is 18.0. The Balaban J connectivity index is 0.000000138. The largest absolute Gasteiger partial charge is 0.872 e. The molecule has 0 radical (unpaired) electrons. The average Bonchev–Trinajstić information content (AvgIpc) is 1.70. The number of phenols is 1. The Labute approximate surface area is 524 Å². The molecule has 2 aliphatic rings. The molecule has 1 aliphatic carbocycles. The molecule has 0 spiro atoms. The molecule has 4 aromatic heterocycles. The molecule has 0 amide bonds. The van der Waals surface area contributed by atoms with Gasteiger partial charge in [-0.25, -0.2) is 14.4 Å². The zero-order chi connectivity index (χ0) is 63.0. The second-order valence-corrected chi connectivity index (χ2v) is 24.2. The number of para-hydroxylation sites is 1. The number of hydrogen-bond acceptors (Lipinski definition) is 10. The number of carbonyl (C=O) groups is 3. The number of halogens is 1. The van der Waals surface area contributed by atoms with Gasteiger partial charge in [0.25, 0.3) is 0 Å². The molecule has 452 valence electrons. The SMILES string of the molecule is COC12CC(COC(=O)c3cncc(Br)c3)CN(C)C1Cc1cn(C)c3cccc2c13.Cc1cc(C=Cc2ccc3cc(N(C)C)ccc3[n+]2C)c(C)n1-c1ccccc1.O=C(O)c1cc2ccccc2c(Cc2c(O)c(C(=O)O)cc3ccccc23)c1[O-]. The number of ether oxygens (including phenoxy) is 2. The van der Waals surface area contributed by atoms with E-state index in [-0.39, 0.29) is 46.6 Å². The first-order valence-corrected chi connectivity index (χ1v) is 30.1. The van der Waals surface area contributed by atoms with Crippen LogP contribution in [0, 0.1) is 19.8 Å². The monoisotopic (exact) mass is 1250 g/mol. The number of methoxy groups -OCH3 is 1. The van der Waals surface area contributed by atoms with Gasteiger partial charge < -0.3 is 43.9 Å². The molecule has 3 N–H and O–H groups in total. The molecule has 1 fully saturated rings. The molecule has 5 heterocycles. The van der Waals surface area contributed by atoms with Crippen LogP contribution in [0.3, 0.4) is 0 Å². The van der Waals surface area contributed by atoms with E-state index in [0.29, 0.717) is 33.7 Å². The number of carboxylic acid groups (broad SMARTS) is 2. The molecule has 7 aromatic carbocycles. The number of carboxylic acids is 2. The first-order chi connectivity index (χ1) is 42.8. The van der Waals surface area contributed by atoms with Crippen LogP contribution >= 0.6 is 15.9 Å². The molecule has 1 aliphatic heterocycles. The third kappa shape index (κ3) is 11.9. The second kappa shape index (κ2) is 25.2. The molecule has 15 nitrogen and oxygen atoms in total. The number of nitrogens with zero attached hydrogens (tertiary/aromatic N) is 6. The van der Waals surface area contributed by atoms with Crippen LogP contribution in [0.25, 0.3) is 61.2 Å². The number of likely N-dealkylation sites (tertiary alicyclic amines) is 1. The number of piperidine rings is 1. The summed E-state index contributed by atoms with van der Waals surface area (Å²) in [7, 11) is 12.3. The van der Waals surface area contributed by atoms with E-state index >= 15 is 0 Å². The van der Waals surface area contributed by atoms with Gasteiger partial charge in [0.15, 0.2) is 0 Å². The molecule has 3 unspecified atom stereocenters. The zero-order valence-electron chi connectivity index (χ0n) is 50.9. The second-order valence-electron chi connectivity index (χ2n) is 23.3. The minimum absolute atomic E-state index is 0.103. The van der Waals surface area contributed by atoms with E-state index in [1.165, 1.54) is 85.3 Å². The minimum Gasteiger partial charge on any atom is -0.872 e. The Morgan fingerprint density at radius 1 is 0.798 bits per heavy atom. The predicted molar refractivity (Wildman–Crippen MR) is 351 cm³/mol. The molecule has 16 heteroatoms. The number of aryl methyl sites for hydroxylation is 3. The molecular weight excluding hydrogens is 1180 g/mol. The third-order valence-electron chi connectivity index (χ3n) is 17.6. The number of likely N-dealkylation sites (N-methyl/N-ethyl adjacent to an activating group) is 1. The fourth-order valence-electron chi connectivity index (χ4n) is 13.3. The van der Waals surface area contributed by atoms with E-state index in [1.54, 1.807) is 60.8 Å². The highest BCUT2D eigenvalue weighted by atomic mass is 79.9. The van der Waals surface area contributed by atoms with Crippen molar-refractivity contribution in [2.24, 2.45) is 20.0 Å². The smallest absolute Gasteiger partial charge is 0.339 e. The lowest BCUT2D eigenvalue weighted by atomic mass is 9.69.